The summed E-state index contributed by atoms with van der Waals surface area (Å²) < 4.78 is 24.0. The average Bonchev–Trinajstić information content (AvgIpc) is 3.72. The van der Waals surface area contributed by atoms with Gasteiger partial charge in [0.15, 0.2) is 0 Å². The van der Waals surface area contributed by atoms with Gasteiger partial charge in [0.1, 0.15) is 17.0 Å². The lowest BCUT2D eigenvalue weighted by Gasteiger charge is -2.27. The van der Waals surface area contributed by atoms with Crippen molar-refractivity contribution in [2.24, 2.45) is 0 Å². The van der Waals surface area contributed by atoms with Crippen LogP contribution in [0.1, 0.15) is 0 Å². The highest BCUT2D eigenvalue weighted by Gasteiger charge is 2.19. The van der Waals surface area contributed by atoms with Crippen LogP contribution in [0, 0.1) is 5.82 Å². The van der Waals surface area contributed by atoms with Gasteiger partial charge in [0.25, 0.3) is 0 Å². The molecule has 0 N–H and O–H groups in total. The van der Waals surface area contributed by atoms with Crippen molar-refractivity contribution in [3.63, 3.8) is 0 Å². The van der Waals surface area contributed by atoms with Gasteiger partial charge in [-0.05, 0) is 77.0 Å². The number of hydrogen-bond donors (Lipinski definition) is 0. The van der Waals surface area contributed by atoms with Crippen molar-refractivity contribution in [1.82, 2.24) is 4.57 Å². The SMILES string of the molecule is Fc1cccc2c3ccccc3n(-c3cccc(N(c4ccc(-c5cccc6c5oc5ccccc56)cc4)c4ccc5ccccc5c4)c3)c12. The molecule has 4 heteroatoms. The van der Waals surface area contributed by atoms with Gasteiger partial charge in [-0.1, -0.05) is 115 Å². The normalized spacial score (nSPS) is 11.7. The maximum Gasteiger partial charge on any atom is 0.147 e. The Morgan fingerprint density at radius 1 is 0.480 bits per heavy atom. The lowest BCUT2D eigenvalue weighted by Crippen LogP contribution is -2.10. The third-order valence-electron chi connectivity index (χ3n) is 9.82. The summed E-state index contributed by atoms with van der Waals surface area (Å²) >= 11 is 0. The van der Waals surface area contributed by atoms with Crippen molar-refractivity contribution >= 4 is 71.6 Å². The number of nitrogens with zero attached hydrogens (tertiary/aromatic N) is 2. The van der Waals surface area contributed by atoms with Crippen LogP contribution in [-0.2, 0) is 0 Å². The van der Waals surface area contributed by atoms with Gasteiger partial charge in [0.05, 0.1) is 11.0 Å². The largest absolute Gasteiger partial charge is 0.455 e. The highest BCUT2D eigenvalue weighted by Crippen LogP contribution is 2.41. The first-order chi connectivity index (χ1) is 24.7. The first-order valence-electron chi connectivity index (χ1n) is 16.8. The molecule has 0 unspecified atom stereocenters. The fourth-order valence-corrected chi connectivity index (χ4v) is 7.54. The Labute approximate surface area is 287 Å². The number of hydrogen-bond acceptors (Lipinski definition) is 2. The minimum absolute atomic E-state index is 0.245. The minimum Gasteiger partial charge on any atom is -0.455 e. The molecule has 10 aromatic rings. The van der Waals surface area contributed by atoms with Crippen LogP contribution in [0.25, 0.3) is 71.3 Å². The summed E-state index contributed by atoms with van der Waals surface area (Å²) in [5.41, 5.74) is 9.33. The molecule has 0 radical (unpaired) electrons. The molecule has 10 rings (SSSR count). The highest BCUT2D eigenvalue weighted by atomic mass is 19.1. The Bertz CT molecular complexity index is 2900. The molecule has 0 saturated carbocycles. The maximum atomic E-state index is 15.6. The van der Waals surface area contributed by atoms with Crippen molar-refractivity contribution in [3.8, 4) is 16.8 Å². The molecular formula is C46H29FN2O. The number of anilines is 3. The van der Waals surface area contributed by atoms with Crippen LogP contribution < -0.4 is 4.90 Å². The fourth-order valence-electron chi connectivity index (χ4n) is 7.54. The molecule has 0 amide bonds. The van der Waals surface area contributed by atoms with Crippen LogP contribution in [0.5, 0.6) is 0 Å². The van der Waals surface area contributed by atoms with E-state index >= 15 is 4.39 Å². The smallest absolute Gasteiger partial charge is 0.147 e. The van der Waals surface area contributed by atoms with Gasteiger partial charge in [-0.15, -0.1) is 0 Å². The summed E-state index contributed by atoms with van der Waals surface area (Å²) in [6.07, 6.45) is 0. The van der Waals surface area contributed by atoms with E-state index in [9.17, 15) is 0 Å². The van der Waals surface area contributed by atoms with E-state index < -0.39 is 0 Å². The van der Waals surface area contributed by atoms with Gasteiger partial charge in [0.2, 0.25) is 0 Å². The van der Waals surface area contributed by atoms with E-state index in [4.69, 9.17) is 4.42 Å². The van der Waals surface area contributed by atoms with Crippen molar-refractivity contribution in [1.29, 1.82) is 0 Å². The standard InChI is InChI=1S/C46H29FN2O/c47-42-19-9-17-40-38-14-3-5-20-43(38)49(45(40)42)35-13-7-12-34(29-35)48(36-27-22-30-10-1-2-11-32(30)28-36)33-25-23-31(24-26-33)37-16-8-18-41-39-15-4-6-21-44(39)50-46(37)41/h1-29H. The molecule has 50 heavy (non-hydrogen) atoms. The van der Waals surface area contributed by atoms with Gasteiger partial charge < -0.3 is 13.9 Å². The molecule has 0 aliphatic heterocycles. The van der Waals surface area contributed by atoms with Gasteiger partial charge >= 0.3 is 0 Å². The minimum atomic E-state index is -0.245. The van der Waals surface area contributed by atoms with Crippen LogP contribution in [0.3, 0.4) is 0 Å². The number of rotatable bonds is 5. The molecular weight excluding hydrogens is 616 g/mol. The first-order valence-corrected chi connectivity index (χ1v) is 16.8. The predicted octanol–water partition coefficient (Wildman–Crippen LogP) is 13.1. The second kappa shape index (κ2) is 11.2. The second-order valence-electron chi connectivity index (χ2n) is 12.7. The Morgan fingerprint density at radius 3 is 2.06 bits per heavy atom. The summed E-state index contributed by atoms with van der Waals surface area (Å²) in [6, 6.07) is 60.0. The van der Waals surface area contributed by atoms with Crippen LogP contribution in [-0.4, -0.2) is 4.57 Å². The van der Waals surface area contributed by atoms with Crippen LogP contribution in [0.2, 0.25) is 0 Å². The zero-order valence-corrected chi connectivity index (χ0v) is 26.9. The molecule has 2 aromatic heterocycles. The van der Waals surface area contributed by atoms with Gasteiger partial charge in [-0.2, -0.15) is 0 Å². The Balaban J connectivity index is 1.14. The highest BCUT2D eigenvalue weighted by molar-refractivity contribution is 6.10. The number of benzene rings is 8. The second-order valence-corrected chi connectivity index (χ2v) is 12.7. The third-order valence-corrected chi connectivity index (χ3v) is 9.82. The first kappa shape index (κ1) is 28.4. The van der Waals surface area contributed by atoms with Crippen LogP contribution >= 0.6 is 0 Å². The van der Waals surface area contributed by atoms with Crippen LogP contribution in [0.15, 0.2) is 180 Å². The fraction of sp³-hybridized carbons (Fsp3) is 0. The number of halogens is 1. The van der Waals surface area contributed by atoms with Crippen molar-refractivity contribution in [2.75, 3.05) is 4.90 Å². The van der Waals surface area contributed by atoms with E-state index in [0.717, 1.165) is 77.5 Å². The summed E-state index contributed by atoms with van der Waals surface area (Å²) in [7, 11) is 0. The molecule has 0 aliphatic rings. The molecule has 8 aromatic carbocycles. The van der Waals surface area contributed by atoms with Crippen molar-refractivity contribution < 1.29 is 8.81 Å². The lowest BCUT2D eigenvalue weighted by atomic mass is 10.0. The number of aromatic nitrogens is 1. The van der Waals surface area contributed by atoms with E-state index in [1.165, 1.54) is 11.5 Å². The maximum absolute atomic E-state index is 15.6. The van der Waals surface area contributed by atoms with E-state index in [1.807, 2.05) is 41.0 Å². The molecule has 236 valence electrons. The Hall–Kier alpha value is -6.65. The summed E-state index contributed by atoms with van der Waals surface area (Å²) in [5, 5.41) is 6.48. The molecule has 0 saturated heterocycles. The molecule has 0 spiro atoms. The summed E-state index contributed by atoms with van der Waals surface area (Å²) in [6.45, 7) is 0. The van der Waals surface area contributed by atoms with E-state index in [-0.39, 0.29) is 5.82 Å². The lowest BCUT2D eigenvalue weighted by molar-refractivity contribution is 0.635. The van der Waals surface area contributed by atoms with Gasteiger partial charge in [-0.3, -0.25) is 0 Å². The molecule has 0 fully saturated rings. The monoisotopic (exact) mass is 644 g/mol. The van der Waals surface area contributed by atoms with Crippen molar-refractivity contribution in [2.45, 2.75) is 0 Å². The Kier molecular flexibility index (Phi) is 6.36. The Morgan fingerprint density at radius 2 is 1.16 bits per heavy atom. The van der Waals surface area contributed by atoms with Gasteiger partial charge in [-0.25, -0.2) is 4.39 Å². The molecule has 0 bridgehead atoms. The van der Waals surface area contributed by atoms with Crippen molar-refractivity contribution in [3.05, 3.63) is 182 Å². The zero-order valence-electron chi connectivity index (χ0n) is 26.9. The van der Waals surface area contributed by atoms with Gasteiger partial charge in [0, 0.05) is 49.9 Å². The zero-order chi connectivity index (χ0) is 33.2. The van der Waals surface area contributed by atoms with E-state index in [0.29, 0.717) is 5.52 Å². The quantitative estimate of drug-likeness (QED) is 0.186. The third kappa shape index (κ3) is 4.42. The predicted molar refractivity (Wildman–Crippen MR) is 206 cm³/mol. The van der Waals surface area contributed by atoms with E-state index in [1.54, 1.807) is 6.07 Å². The summed E-state index contributed by atoms with van der Waals surface area (Å²) in [4.78, 5) is 2.27. The molecule has 3 nitrogen and oxygen atoms in total. The molecule has 0 aliphatic carbocycles. The molecule has 0 atom stereocenters. The topological polar surface area (TPSA) is 21.3 Å². The molecule has 2 heterocycles. The number of para-hydroxylation sites is 4. The number of furan rings is 1. The number of fused-ring (bicyclic) bond motifs is 7. The average molecular weight is 645 g/mol. The van der Waals surface area contributed by atoms with Crippen LogP contribution in [0.4, 0.5) is 21.5 Å². The van der Waals surface area contributed by atoms with E-state index in [2.05, 4.69) is 132 Å². The summed E-state index contributed by atoms with van der Waals surface area (Å²) in [5.74, 6) is -0.245.